The molecule has 0 radical (unpaired) electrons. The Bertz CT molecular complexity index is 1230. The van der Waals surface area contributed by atoms with E-state index < -0.39 is 6.10 Å². The monoisotopic (exact) mass is 403 g/mol. The second-order valence-electron chi connectivity index (χ2n) is 6.23. The summed E-state index contributed by atoms with van der Waals surface area (Å²) in [6.45, 7) is 2.32. The van der Waals surface area contributed by atoms with Gasteiger partial charge in [-0.3, -0.25) is 0 Å². The topological polar surface area (TPSA) is 118 Å². The van der Waals surface area contributed by atoms with Gasteiger partial charge in [0.25, 0.3) is 0 Å². The molecule has 0 bridgehead atoms. The zero-order valence-electron chi connectivity index (χ0n) is 15.5. The van der Waals surface area contributed by atoms with Crippen molar-refractivity contribution in [2.24, 2.45) is 0 Å². The first-order valence-electron chi connectivity index (χ1n) is 8.94. The fraction of sp³-hybridized carbons (Fsp3) is 0.143. The summed E-state index contributed by atoms with van der Waals surface area (Å²) in [6.07, 6.45) is 0.700. The molecule has 8 heteroatoms. The van der Waals surface area contributed by atoms with Crippen LogP contribution in [0.5, 0.6) is 5.88 Å². The lowest BCUT2D eigenvalue weighted by atomic mass is 10.1. The number of nitrogens with two attached hydrogens (primary N) is 1. The standard InChI is InChI=1S/C21H17N5O2S/c1-2-28-20-14(7-4-8-24-20)17(27)16-10-15-18(23)25-19(26-21(15)29-16)13-6-3-5-12(9-13)11-22/h3-10,17,27H,2H2,1H3,(H2,23,25,26). The van der Waals surface area contributed by atoms with Gasteiger partial charge in [-0.25, -0.2) is 15.0 Å². The maximum absolute atomic E-state index is 10.9. The number of nitriles is 1. The average Bonchev–Trinajstić information content (AvgIpc) is 3.19. The number of nitrogens with zero attached hydrogens (tertiary/aromatic N) is 4. The highest BCUT2D eigenvalue weighted by atomic mass is 32.1. The molecule has 1 aromatic carbocycles. The van der Waals surface area contributed by atoms with Crippen molar-refractivity contribution in [2.45, 2.75) is 13.0 Å². The van der Waals surface area contributed by atoms with Crippen LogP contribution in [-0.4, -0.2) is 26.7 Å². The number of hydrogen-bond acceptors (Lipinski definition) is 8. The van der Waals surface area contributed by atoms with Gasteiger partial charge in [0.05, 0.1) is 23.6 Å². The van der Waals surface area contributed by atoms with E-state index in [1.54, 1.807) is 42.6 Å². The van der Waals surface area contributed by atoms with Crippen molar-refractivity contribution in [1.82, 2.24) is 15.0 Å². The van der Waals surface area contributed by atoms with Gasteiger partial charge in [0.1, 0.15) is 16.8 Å². The Morgan fingerprint density at radius 3 is 2.90 bits per heavy atom. The maximum Gasteiger partial charge on any atom is 0.219 e. The van der Waals surface area contributed by atoms with Crippen LogP contribution in [0.15, 0.2) is 48.7 Å². The molecule has 0 fully saturated rings. The molecule has 1 atom stereocenters. The molecule has 3 N–H and O–H groups in total. The van der Waals surface area contributed by atoms with Crippen LogP contribution in [0.1, 0.15) is 29.0 Å². The Balaban J connectivity index is 1.77. The lowest BCUT2D eigenvalue weighted by Gasteiger charge is -2.12. The largest absolute Gasteiger partial charge is 0.478 e. The van der Waals surface area contributed by atoms with Crippen LogP contribution in [0.25, 0.3) is 21.6 Å². The van der Waals surface area contributed by atoms with E-state index in [4.69, 9.17) is 15.7 Å². The van der Waals surface area contributed by atoms with E-state index in [0.29, 0.717) is 55.9 Å². The lowest BCUT2D eigenvalue weighted by molar-refractivity contribution is 0.213. The van der Waals surface area contributed by atoms with E-state index in [2.05, 4.69) is 21.0 Å². The van der Waals surface area contributed by atoms with Crippen molar-refractivity contribution in [3.8, 4) is 23.3 Å². The number of aliphatic hydroxyl groups is 1. The first-order valence-corrected chi connectivity index (χ1v) is 9.75. The number of hydrogen-bond donors (Lipinski definition) is 2. The molecular formula is C21H17N5O2S. The van der Waals surface area contributed by atoms with Gasteiger partial charge in [0.2, 0.25) is 5.88 Å². The fourth-order valence-corrected chi connectivity index (χ4v) is 4.02. The van der Waals surface area contributed by atoms with E-state index in [1.807, 2.05) is 13.0 Å². The normalized spacial score (nSPS) is 11.9. The summed E-state index contributed by atoms with van der Waals surface area (Å²) in [5, 5.41) is 20.7. The Labute approximate surface area is 171 Å². The molecule has 7 nitrogen and oxygen atoms in total. The lowest BCUT2D eigenvalue weighted by Crippen LogP contribution is -2.04. The van der Waals surface area contributed by atoms with E-state index in [1.165, 1.54) is 11.3 Å². The number of pyridine rings is 1. The molecule has 4 aromatic rings. The van der Waals surface area contributed by atoms with Gasteiger partial charge in [0, 0.05) is 22.2 Å². The third kappa shape index (κ3) is 3.61. The molecule has 1 unspecified atom stereocenters. The zero-order chi connectivity index (χ0) is 20.4. The maximum atomic E-state index is 10.9. The molecule has 0 saturated heterocycles. The van der Waals surface area contributed by atoms with Crippen molar-refractivity contribution >= 4 is 27.4 Å². The number of thiophene rings is 1. The highest BCUT2D eigenvalue weighted by Crippen LogP contribution is 2.37. The van der Waals surface area contributed by atoms with Gasteiger partial charge in [-0.05, 0) is 37.3 Å². The molecule has 144 valence electrons. The summed E-state index contributed by atoms with van der Waals surface area (Å²) in [5.41, 5.74) is 7.97. The fourth-order valence-electron chi connectivity index (χ4n) is 2.98. The molecule has 0 amide bonds. The van der Waals surface area contributed by atoms with Crippen LogP contribution in [0.2, 0.25) is 0 Å². The molecule has 3 heterocycles. The molecule has 29 heavy (non-hydrogen) atoms. The number of nitrogen functional groups attached to an aromatic ring is 1. The van der Waals surface area contributed by atoms with Gasteiger partial charge in [0.15, 0.2) is 5.82 Å². The Hall–Kier alpha value is -3.54. The summed E-state index contributed by atoms with van der Waals surface area (Å²) < 4.78 is 5.53. The zero-order valence-corrected chi connectivity index (χ0v) is 16.3. The van der Waals surface area contributed by atoms with Gasteiger partial charge in [-0.2, -0.15) is 5.26 Å². The first kappa shape index (κ1) is 18.8. The van der Waals surface area contributed by atoms with E-state index in [0.717, 1.165) is 0 Å². The van der Waals surface area contributed by atoms with E-state index >= 15 is 0 Å². The average molecular weight is 403 g/mol. The Kier molecular flexibility index (Phi) is 5.08. The third-order valence-electron chi connectivity index (χ3n) is 4.34. The Morgan fingerprint density at radius 2 is 2.10 bits per heavy atom. The van der Waals surface area contributed by atoms with Crippen molar-refractivity contribution in [2.75, 3.05) is 12.3 Å². The number of rotatable bonds is 5. The van der Waals surface area contributed by atoms with Crippen LogP contribution in [-0.2, 0) is 0 Å². The van der Waals surface area contributed by atoms with Gasteiger partial charge in [-0.15, -0.1) is 11.3 Å². The van der Waals surface area contributed by atoms with Crippen molar-refractivity contribution in [3.05, 3.63) is 64.7 Å². The summed E-state index contributed by atoms with van der Waals surface area (Å²) in [4.78, 5) is 14.5. The summed E-state index contributed by atoms with van der Waals surface area (Å²) in [7, 11) is 0. The minimum atomic E-state index is -0.922. The van der Waals surface area contributed by atoms with Crippen molar-refractivity contribution in [3.63, 3.8) is 0 Å². The second kappa shape index (κ2) is 7.83. The molecule has 0 saturated carbocycles. The smallest absolute Gasteiger partial charge is 0.219 e. The summed E-state index contributed by atoms with van der Waals surface area (Å²) >= 11 is 1.33. The highest BCUT2D eigenvalue weighted by molar-refractivity contribution is 7.18. The van der Waals surface area contributed by atoms with Crippen LogP contribution in [0, 0.1) is 11.3 Å². The van der Waals surface area contributed by atoms with Gasteiger partial charge in [-0.1, -0.05) is 12.1 Å². The van der Waals surface area contributed by atoms with Gasteiger partial charge < -0.3 is 15.6 Å². The van der Waals surface area contributed by atoms with Crippen molar-refractivity contribution in [1.29, 1.82) is 5.26 Å². The number of fused-ring (bicyclic) bond motifs is 1. The molecule has 3 aromatic heterocycles. The van der Waals surface area contributed by atoms with Crippen LogP contribution >= 0.6 is 11.3 Å². The van der Waals surface area contributed by atoms with Crippen LogP contribution < -0.4 is 10.5 Å². The molecule has 0 aliphatic carbocycles. The number of benzene rings is 1. The summed E-state index contributed by atoms with van der Waals surface area (Å²) in [5.74, 6) is 1.15. The molecule has 4 rings (SSSR count). The van der Waals surface area contributed by atoms with Crippen molar-refractivity contribution < 1.29 is 9.84 Å². The number of ether oxygens (including phenoxy) is 1. The van der Waals surface area contributed by atoms with Crippen LogP contribution in [0.3, 0.4) is 0 Å². The Morgan fingerprint density at radius 1 is 1.24 bits per heavy atom. The van der Waals surface area contributed by atoms with Gasteiger partial charge >= 0.3 is 0 Å². The van der Waals surface area contributed by atoms with E-state index in [9.17, 15) is 5.11 Å². The first-order chi connectivity index (χ1) is 14.1. The highest BCUT2D eigenvalue weighted by Gasteiger charge is 2.21. The predicted octanol–water partition coefficient (Wildman–Crippen LogP) is 3.69. The molecule has 0 spiro atoms. The number of aliphatic hydroxyl groups excluding tert-OH is 1. The number of aromatic nitrogens is 3. The van der Waals surface area contributed by atoms with Crippen LogP contribution in [0.4, 0.5) is 5.82 Å². The van der Waals surface area contributed by atoms with E-state index in [-0.39, 0.29) is 0 Å². The minimum absolute atomic E-state index is 0.318. The molecule has 0 aliphatic heterocycles. The number of anilines is 1. The predicted molar refractivity (Wildman–Crippen MR) is 111 cm³/mol. The quantitative estimate of drug-likeness (QED) is 0.522. The summed E-state index contributed by atoms with van der Waals surface area (Å²) in [6, 6.07) is 14.5. The molecule has 0 aliphatic rings. The molecular weight excluding hydrogens is 386 g/mol. The minimum Gasteiger partial charge on any atom is -0.478 e. The third-order valence-corrected chi connectivity index (χ3v) is 5.42. The SMILES string of the molecule is CCOc1ncccc1C(O)c1cc2c(N)nc(-c3cccc(C#N)c3)nc2s1. The second-order valence-corrected chi connectivity index (χ2v) is 7.29.